The molecule has 0 amide bonds. The molecule has 3 rings (SSSR count). The molecule has 9 heteroatoms. The summed E-state index contributed by atoms with van der Waals surface area (Å²) < 4.78 is 6.17. The van der Waals surface area contributed by atoms with Crippen LogP contribution in [0.4, 0.5) is 14.1 Å². The molecule has 3 fully saturated rings. The summed E-state index contributed by atoms with van der Waals surface area (Å²) in [4.78, 5) is 0. The second-order valence-electron chi connectivity index (χ2n) is 4.98. The maximum atomic E-state index is 4.13. The van der Waals surface area contributed by atoms with Gasteiger partial charge < -0.3 is 0 Å². The normalized spacial score (nSPS) is 21.9. The van der Waals surface area contributed by atoms with E-state index < -0.39 is 0 Å². The van der Waals surface area contributed by atoms with Crippen LogP contribution in [0, 0.1) is 0 Å². The van der Waals surface area contributed by atoms with Crippen LogP contribution in [-0.4, -0.2) is 52.2 Å². The highest BCUT2D eigenvalue weighted by atomic mass is 32.1. The van der Waals surface area contributed by atoms with Crippen LogP contribution in [-0.2, 0) is 0 Å². The first-order chi connectivity index (χ1) is 8.68. The van der Waals surface area contributed by atoms with E-state index in [0.29, 0.717) is 0 Å². The smallest absolute Gasteiger partial charge is 0.00874 e. The average Bonchev–Trinajstić information content (AvgIpc) is 3.05. The van der Waals surface area contributed by atoms with E-state index in [4.69, 9.17) is 0 Å². The molecule has 3 nitrogen and oxygen atoms in total. The molecule has 0 aliphatic carbocycles. The van der Waals surface area contributed by atoms with E-state index in [1.165, 1.54) is 77.8 Å². The second kappa shape index (κ2) is 17.1. The molecule has 0 atom stereocenters. The molecule has 0 aromatic heterocycles. The fraction of sp³-hybridized carbons (Fsp3) is 1.00. The summed E-state index contributed by atoms with van der Waals surface area (Å²) in [5.74, 6) is 0. The molecule has 3 saturated heterocycles. The Bertz CT molecular complexity index is 168. The first kappa shape index (κ1) is 26.6. The van der Waals surface area contributed by atoms with Gasteiger partial charge in [0.15, 0.2) is 0 Å². The van der Waals surface area contributed by atoms with Crippen molar-refractivity contribution in [2.75, 3.05) is 39.3 Å². The first-order valence-electron chi connectivity index (χ1n) is 7.00. The van der Waals surface area contributed by atoms with Crippen molar-refractivity contribution in [3.05, 3.63) is 0 Å². The fourth-order valence-corrected chi connectivity index (χ4v) is 2.95. The van der Waals surface area contributed by atoms with Gasteiger partial charge in [-0.2, -0.15) is 0 Å². The standard InChI is InChI=1S/3C4H9NS.3FH/c3*6-5-3-1-2-4-5;;;/h3*6H,1-4H2;3*1H. The molecule has 0 spiro atoms. The van der Waals surface area contributed by atoms with Gasteiger partial charge in [0.05, 0.1) is 0 Å². The Morgan fingerprint density at radius 2 is 0.524 bits per heavy atom. The van der Waals surface area contributed by atoms with Gasteiger partial charge in [0, 0.05) is 39.3 Å². The van der Waals surface area contributed by atoms with Crippen molar-refractivity contribution in [1.29, 1.82) is 0 Å². The van der Waals surface area contributed by atoms with Gasteiger partial charge in [-0.1, -0.05) is 38.4 Å². The number of halogens is 3. The van der Waals surface area contributed by atoms with Gasteiger partial charge in [-0.15, -0.1) is 0 Å². The molecule has 21 heavy (non-hydrogen) atoms. The van der Waals surface area contributed by atoms with Crippen molar-refractivity contribution >= 4 is 38.4 Å². The van der Waals surface area contributed by atoms with Crippen molar-refractivity contribution < 1.29 is 14.1 Å². The van der Waals surface area contributed by atoms with E-state index >= 15 is 0 Å². The minimum atomic E-state index is 0. The molecule has 0 saturated carbocycles. The van der Waals surface area contributed by atoms with Crippen molar-refractivity contribution in [3.63, 3.8) is 0 Å². The molecule has 3 aliphatic heterocycles. The van der Waals surface area contributed by atoms with Crippen LogP contribution in [0.5, 0.6) is 0 Å². The average molecular weight is 370 g/mol. The lowest BCUT2D eigenvalue weighted by Crippen LogP contribution is -2.02. The summed E-state index contributed by atoms with van der Waals surface area (Å²) in [6.45, 7) is 7.10. The summed E-state index contributed by atoms with van der Waals surface area (Å²) >= 11 is 12.4. The van der Waals surface area contributed by atoms with E-state index in [-0.39, 0.29) is 14.1 Å². The van der Waals surface area contributed by atoms with Crippen LogP contribution in [0.2, 0.25) is 0 Å². The summed E-state index contributed by atoms with van der Waals surface area (Å²) in [5, 5.41) is 0. The van der Waals surface area contributed by atoms with Crippen molar-refractivity contribution in [2.45, 2.75) is 38.5 Å². The zero-order valence-electron chi connectivity index (χ0n) is 12.4. The Morgan fingerprint density at radius 1 is 0.381 bits per heavy atom. The number of rotatable bonds is 0. The van der Waals surface area contributed by atoms with Crippen molar-refractivity contribution in [3.8, 4) is 0 Å². The summed E-state index contributed by atoms with van der Waals surface area (Å²) in [5.41, 5.74) is 0. The predicted molar refractivity (Wildman–Crippen MR) is 96.9 cm³/mol. The van der Waals surface area contributed by atoms with Crippen LogP contribution in [0.25, 0.3) is 0 Å². The van der Waals surface area contributed by atoms with E-state index in [1.54, 1.807) is 0 Å². The van der Waals surface area contributed by atoms with Gasteiger partial charge in [0.25, 0.3) is 0 Å². The van der Waals surface area contributed by atoms with Crippen LogP contribution in [0.1, 0.15) is 38.5 Å². The van der Waals surface area contributed by atoms with Crippen molar-refractivity contribution in [2.24, 2.45) is 0 Å². The zero-order chi connectivity index (χ0) is 13.2. The van der Waals surface area contributed by atoms with Gasteiger partial charge in [-0.3, -0.25) is 27.0 Å². The van der Waals surface area contributed by atoms with E-state index in [9.17, 15) is 0 Å². The summed E-state index contributed by atoms with van der Waals surface area (Å²) in [6, 6.07) is 0. The maximum absolute atomic E-state index is 4.13. The molecule has 0 unspecified atom stereocenters. The van der Waals surface area contributed by atoms with E-state index in [2.05, 4.69) is 51.4 Å². The topological polar surface area (TPSA) is 9.72 Å². The zero-order valence-corrected chi connectivity index (χ0v) is 15.1. The van der Waals surface area contributed by atoms with Gasteiger partial charge in [0.1, 0.15) is 0 Å². The molecular formula is C12H30F3N3S3. The quantitative estimate of drug-likeness (QED) is 0.566. The third-order valence-corrected chi connectivity index (χ3v) is 4.45. The summed E-state index contributed by atoms with van der Waals surface area (Å²) in [7, 11) is 0. The van der Waals surface area contributed by atoms with Gasteiger partial charge in [-0.05, 0) is 38.5 Å². The third kappa shape index (κ3) is 15.4. The molecule has 3 heterocycles. The number of hydrogen-bond donors (Lipinski definition) is 3. The molecule has 0 bridgehead atoms. The molecule has 0 aromatic carbocycles. The Hall–Kier alpha value is 0.720. The highest BCUT2D eigenvalue weighted by Crippen LogP contribution is 2.08. The number of hydrogen-bond acceptors (Lipinski definition) is 6. The Labute approximate surface area is 143 Å². The van der Waals surface area contributed by atoms with Crippen LogP contribution in [0.3, 0.4) is 0 Å². The Balaban J connectivity index is -0.000000216. The van der Waals surface area contributed by atoms with E-state index in [0.717, 1.165) is 0 Å². The molecule has 132 valence electrons. The highest BCUT2D eigenvalue weighted by Gasteiger charge is 2.05. The van der Waals surface area contributed by atoms with Gasteiger partial charge >= 0.3 is 0 Å². The van der Waals surface area contributed by atoms with Crippen molar-refractivity contribution in [1.82, 2.24) is 12.9 Å². The SMILES string of the molecule is F.F.F.SN1CCCC1.SN1CCCC1.SN1CCCC1. The van der Waals surface area contributed by atoms with Gasteiger partial charge in [0.2, 0.25) is 0 Å². The lowest BCUT2D eigenvalue weighted by Gasteiger charge is -1.99. The van der Waals surface area contributed by atoms with E-state index in [1.807, 2.05) is 0 Å². The monoisotopic (exact) mass is 369 g/mol. The highest BCUT2D eigenvalue weighted by molar-refractivity contribution is 7.78. The first-order valence-corrected chi connectivity index (χ1v) is 8.20. The summed E-state index contributed by atoms with van der Waals surface area (Å²) in [6.07, 6.45) is 8.02. The number of thiol groups is 3. The third-order valence-electron chi connectivity index (χ3n) is 3.25. The Kier molecular flexibility index (Phi) is 21.6. The molecule has 0 aromatic rings. The second-order valence-corrected chi connectivity index (χ2v) is 6.68. The lowest BCUT2D eigenvalue weighted by molar-refractivity contribution is 0.595. The maximum Gasteiger partial charge on any atom is 0.00874 e. The fourth-order valence-electron chi connectivity index (χ4n) is 2.10. The largest absolute Gasteiger partial charge is 0.269 e. The lowest BCUT2D eigenvalue weighted by atomic mass is 10.4. The molecule has 0 radical (unpaired) electrons. The predicted octanol–water partition coefficient (Wildman–Crippen LogP) is 3.24. The number of nitrogens with zero attached hydrogens (tertiary/aromatic N) is 3. The van der Waals surface area contributed by atoms with Crippen LogP contribution in [0.15, 0.2) is 0 Å². The molecular weight excluding hydrogens is 339 g/mol. The van der Waals surface area contributed by atoms with Gasteiger partial charge in [-0.25, -0.2) is 0 Å². The minimum Gasteiger partial charge on any atom is -0.269 e. The molecule has 3 aliphatic rings. The molecule has 0 N–H and O–H groups in total. The van der Waals surface area contributed by atoms with Crippen LogP contribution < -0.4 is 0 Å². The van der Waals surface area contributed by atoms with Crippen LogP contribution >= 0.6 is 38.4 Å². The minimum absolute atomic E-state index is 0. The Morgan fingerprint density at radius 3 is 0.571 bits per heavy atom.